The molecule has 0 aromatic heterocycles. The molecule has 2 rings (SSSR count). The summed E-state index contributed by atoms with van der Waals surface area (Å²) in [5.74, 6) is 0.700. The number of aliphatic carboxylic acids is 1. The van der Waals surface area contributed by atoms with Crippen LogP contribution in [0.25, 0.3) is 12.2 Å². The minimum Gasteiger partial charge on any atom is -0.497 e. The third-order valence-corrected chi connectivity index (χ3v) is 5.08. The van der Waals surface area contributed by atoms with Gasteiger partial charge >= 0.3 is 11.9 Å². The van der Waals surface area contributed by atoms with Crippen LogP contribution in [0, 0.1) is 5.92 Å². The van der Waals surface area contributed by atoms with E-state index >= 15 is 0 Å². The van der Waals surface area contributed by atoms with Crippen molar-refractivity contribution in [3.05, 3.63) is 71.8 Å². The van der Waals surface area contributed by atoms with Gasteiger partial charge in [-0.2, -0.15) is 0 Å². The molecule has 2 aromatic rings. The molecule has 0 aliphatic rings. The molecule has 1 unspecified atom stereocenters. The Morgan fingerprint density at radius 2 is 1.65 bits per heavy atom. The lowest BCUT2D eigenvalue weighted by Crippen LogP contribution is -2.12. The maximum absolute atomic E-state index is 11.7. The topological polar surface area (TPSA) is 82.1 Å². The molecule has 6 nitrogen and oxygen atoms in total. The Hall–Kier alpha value is -3.54. The Labute approximate surface area is 202 Å². The van der Waals surface area contributed by atoms with Gasteiger partial charge in [-0.3, -0.25) is 0 Å². The fraction of sp³-hybridized carbons (Fsp3) is 0.357. The smallest absolute Gasteiger partial charge is 0.330 e. The van der Waals surface area contributed by atoms with Crippen molar-refractivity contribution in [3.63, 3.8) is 0 Å². The Kier molecular flexibility index (Phi) is 14.3. The molecule has 0 saturated heterocycles. The summed E-state index contributed by atoms with van der Waals surface area (Å²) < 4.78 is 15.4. The van der Waals surface area contributed by atoms with Gasteiger partial charge in [-0.25, -0.2) is 9.59 Å². The third kappa shape index (κ3) is 11.9. The van der Waals surface area contributed by atoms with Crippen LogP contribution < -0.4 is 9.47 Å². The molecule has 0 aliphatic heterocycles. The van der Waals surface area contributed by atoms with Gasteiger partial charge in [-0.15, -0.1) is 0 Å². The molecule has 2 aromatic carbocycles. The first-order valence-electron chi connectivity index (χ1n) is 11.5. The van der Waals surface area contributed by atoms with E-state index in [-0.39, 0.29) is 5.97 Å². The lowest BCUT2D eigenvalue weighted by Gasteiger charge is -2.13. The molecule has 1 N–H and O–H groups in total. The Balaban J connectivity index is 0.000000380. The standard InChI is InChI=1S/C18H26O3.C10H10O3/c1-4-6-7-15(5-2)14-21-18(19)13-10-16-8-11-17(20-3)12-9-16;1-13-9-5-3-2-4-8(9)6-7-10(11)12/h8-13,15H,4-7,14H2,1-3H3;2-7H,1H3,(H,11,12)/b13-10+;7-6+. The quantitative estimate of drug-likeness (QED) is 0.292. The van der Waals surface area contributed by atoms with Crippen LogP contribution in [0.1, 0.15) is 50.7 Å². The highest BCUT2D eigenvalue weighted by molar-refractivity contribution is 5.87. The van der Waals surface area contributed by atoms with E-state index in [9.17, 15) is 9.59 Å². The summed E-state index contributed by atoms with van der Waals surface area (Å²) in [7, 11) is 3.18. The molecule has 0 amide bonds. The molecule has 34 heavy (non-hydrogen) atoms. The minimum atomic E-state index is -0.967. The second kappa shape index (κ2) is 17.0. The number of rotatable bonds is 12. The number of unbranched alkanes of at least 4 members (excludes halogenated alkanes) is 1. The van der Waals surface area contributed by atoms with Crippen molar-refractivity contribution in [2.24, 2.45) is 5.92 Å². The molecule has 0 heterocycles. The highest BCUT2D eigenvalue weighted by Crippen LogP contribution is 2.18. The number of carbonyl (C=O) groups excluding carboxylic acids is 1. The summed E-state index contributed by atoms with van der Waals surface area (Å²) in [6, 6.07) is 14.8. The van der Waals surface area contributed by atoms with Crippen LogP contribution in [-0.2, 0) is 14.3 Å². The molecule has 0 fully saturated rings. The second-order valence-corrected chi connectivity index (χ2v) is 7.57. The number of para-hydroxylation sites is 1. The monoisotopic (exact) mass is 468 g/mol. The lowest BCUT2D eigenvalue weighted by molar-refractivity contribution is -0.139. The van der Waals surface area contributed by atoms with E-state index in [0.29, 0.717) is 18.3 Å². The van der Waals surface area contributed by atoms with Gasteiger partial charge in [0.15, 0.2) is 0 Å². The van der Waals surface area contributed by atoms with Crippen LogP contribution >= 0.6 is 0 Å². The van der Waals surface area contributed by atoms with Gasteiger partial charge in [0.25, 0.3) is 0 Å². The number of hydrogen-bond donors (Lipinski definition) is 1. The normalized spacial score (nSPS) is 11.5. The van der Waals surface area contributed by atoms with Crippen LogP contribution in [0.3, 0.4) is 0 Å². The van der Waals surface area contributed by atoms with E-state index in [2.05, 4.69) is 13.8 Å². The molecular weight excluding hydrogens is 432 g/mol. The molecule has 0 bridgehead atoms. The summed E-state index contributed by atoms with van der Waals surface area (Å²) in [5, 5.41) is 8.41. The highest BCUT2D eigenvalue weighted by Gasteiger charge is 2.08. The van der Waals surface area contributed by atoms with Crippen LogP contribution in [0.15, 0.2) is 60.7 Å². The Morgan fingerprint density at radius 1 is 0.941 bits per heavy atom. The predicted octanol–water partition coefficient (Wildman–Crippen LogP) is 6.26. The third-order valence-electron chi connectivity index (χ3n) is 5.08. The molecule has 6 heteroatoms. The van der Waals surface area contributed by atoms with Gasteiger partial charge in [0, 0.05) is 17.7 Å². The van der Waals surface area contributed by atoms with Gasteiger partial charge in [-0.05, 0) is 48.3 Å². The number of ether oxygens (including phenoxy) is 3. The zero-order valence-electron chi connectivity index (χ0n) is 20.5. The highest BCUT2D eigenvalue weighted by atomic mass is 16.5. The van der Waals surface area contributed by atoms with Crippen LogP contribution in [-0.4, -0.2) is 37.9 Å². The number of esters is 1. The number of carboxylic acids is 1. The van der Waals surface area contributed by atoms with E-state index in [1.54, 1.807) is 32.4 Å². The molecule has 1 atom stereocenters. The van der Waals surface area contributed by atoms with Crippen molar-refractivity contribution in [2.45, 2.75) is 39.5 Å². The van der Waals surface area contributed by atoms with Gasteiger partial charge in [0.1, 0.15) is 11.5 Å². The summed E-state index contributed by atoms with van der Waals surface area (Å²) in [6.45, 7) is 4.83. The predicted molar refractivity (Wildman–Crippen MR) is 136 cm³/mol. The summed E-state index contributed by atoms with van der Waals surface area (Å²) in [4.78, 5) is 21.9. The number of carboxylic acid groups (broad SMARTS) is 1. The lowest BCUT2D eigenvalue weighted by atomic mass is 10.0. The number of hydrogen-bond acceptors (Lipinski definition) is 5. The fourth-order valence-corrected chi connectivity index (χ4v) is 2.99. The van der Waals surface area contributed by atoms with Crippen molar-refractivity contribution < 1.29 is 28.9 Å². The summed E-state index contributed by atoms with van der Waals surface area (Å²) in [5.41, 5.74) is 1.71. The van der Waals surface area contributed by atoms with E-state index in [1.165, 1.54) is 25.0 Å². The van der Waals surface area contributed by atoms with Crippen molar-refractivity contribution in [3.8, 4) is 11.5 Å². The van der Waals surface area contributed by atoms with Crippen molar-refractivity contribution in [1.82, 2.24) is 0 Å². The number of methoxy groups -OCH3 is 2. The van der Waals surface area contributed by atoms with E-state index in [1.807, 2.05) is 36.4 Å². The average molecular weight is 469 g/mol. The SMILES string of the molecule is CCCCC(CC)COC(=O)/C=C/c1ccc(OC)cc1.COc1ccccc1/C=C/C(=O)O. The van der Waals surface area contributed by atoms with Crippen molar-refractivity contribution >= 4 is 24.1 Å². The first-order valence-corrected chi connectivity index (χ1v) is 11.5. The van der Waals surface area contributed by atoms with Crippen molar-refractivity contribution in [1.29, 1.82) is 0 Å². The van der Waals surface area contributed by atoms with Crippen LogP contribution in [0.5, 0.6) is 11.5 Å². The van der Waals surface area contributed by atoms with Gasteiger partial charge in [-0.1, -0.05) is 63.4 Å². The molecule has 0 saturated carbocycles. The van der Waals surface area contributed by atoms with Gasteiger partial charge in [0.05, 0.1) is 20.8 Å². The molecule has 0 spiro atoms. The number of carbonyl (C=O) groups is 2. The Morgan fingerprint density at radius 3 is 2.24 bits per heavy atom. The zero-order chi connectivity index (χ0) is 25.2. The fourth-order valence-electron chi connectivity index (χ4n) is 2.99. The molecule has 0 radical (unpaired) electrons. The van der Waals surface area contributed by atoms with E-state index in [0.717, 1.165) is 35.8 Å². The van der Waals surface area contributed by atoms with Crippen molar-refractivity contribution in [2.75, 3.05) is 20.8 Å². The molecular formula is C28H36O6. The number of benzene rings is 2. The average Bonchev–Trinajstić information content (AvgIpc) is 2.87. The van der Waals surface area contributed by atoms with Gasteiger partial charge in [0.2, 0.25) is 0 Å². The molecule has 0 aliphatic carbocycles. The van der Waals surface area contributed by atoms with Gasteiger partial charge < -0.3 is 19.3 Å². The zero-order valence-corrected chi connectivity index (χ0v) is 20.5. The minimum absolute atomic E-state index is 0.277. The Bertz CT molecular complexity index is 915. The maximum Gasteiger partial charge on any atom is 0.330 e. The second-order valence-electron chi connectivity index (χ2n) is 7.57. The van der Waals surface area contributed by atoms with E-state index in [4.69, 9.17) is 19.3 Å². The summed E-state index contributed by atoms with van der Waals surface area (Å²) in [6.07, 6.45) is 10.4. The first-order chi connectivity index (χ1) is 16.4. The first kappa shape index (κ1) is 28.5. The van der Waals surface area contributed by atoms with Crippen LogP contribution in [0.4, 0.5) is 0 Å². The maximum atomic E-state index is 11.7. The van der Waals surface area contributed by atoms with Crippen LogP contribution in [0.2, 0.25) is 0 Å². The largest absolute Gasteiger partial charge is 0.497 e. The summed E-state index contributed by atoms with van der Waals surface area (Å²) >= 11 is 0. The van der Waals surface area contributed by atoms with E-state index < -0.39 is 5.97 Å². The molecule has 184 valence electrons.